The lowest BCUT2D eigenvalue weighted by Gasteiger charge is -2.38. The molecule has 2 atom stereocenters. The van der Waals surface area contributed by atoms with Crippen LogP contribution in [0, 0.1) is 0 Å². The smallest absolute Gasteiger partial charge is 0.252 e. The number of fused-ring (bicyclic) bond motifs is 1. The molecule has 0 saturated carbocycles. The summed E-state index contributed by atoms with van der Waals surface area (Å²) < 4.78 is 7.41. The maximum Gasteiger partial charge on any atom is 0.252 e. The van der Waals surface area contributed by atoms with Crippen molar-refractivity contribution in [2.45, 2.75) is 26.9 Å². The molecule has 22 heavy (non-hydrogen) atoms. The Labute approximate surface area is 157 Å². The average molecular weight is 427 g/mol. The number of rotatable bonds is 1. The quantitative estimate of drug-likeness (QED) is 0.301. The molecule has 0 aliphatic carbocycles. The van der Waals surface area contributed by atoms with Crippen molar-refractivity contribution in [3.63, 3.8) is 0 Å². The van der Waals surface area contributed by atoms with Crippen LogP contribution in [0.2, 0.25) is 0 Å². The first kappa shape index (κ1) is 18.5. The van der Waals surface area contributed by atoms with Crippen molar-refractivity contribution >= 4 is 75.3 Å². The Hall–Kier alpha value is 0.190. The third kappa shape index (κ3) is 3.99. The summed E-state index contributed by atoms with van der Waals surface area (Å²) in [5.74, 6) is 5.66. The van der Waals surface area contributed by atoms with Crippen molar-refractivity contribution < 1.29 is 9.47 Å². The fourth-order valence-electron chi connectivity index (χ4n) is 1.90. The third-order valence-corrected chi connectivity index (χ3v) is 4.09. The zero-order valence-corrected chi connectivity index (χ0v) is 15.5. The molecule has 122 valence electrons. The maximum atomic E-state index is 5.99. The second kappa shape index (κ2) is 6.60. The van der Waals surface area contributed by atoms with Crippen LogP contribution in [-0.4, -0.2) is 19.6 Å². The van der Waals surface area contributed by atoms with E-state index in [-0.39, 0.29) is 0 Å². The lowest BCUT2D eigenvalue weighted by atomic mass is 10.0. The largest absolute Gasteiger partial charge is 0.460 e. The first-order chi connectivity index (χ1) is 10.0. The molecule has 2 rings (SSSR count). The summed E-state index contributed by atoms with van der Waals surface area (Å²) in [7, 11) is 0. The summed E-state index contributed by atoms with van der Waals surface area (Å²) >= 11 is 35.4. The van der Waals surface area contributed by atoms with Crippen molar-refractivity contribution in [3.05, 3.63) is 29.3 Å². The average Bonchev–Trinajstić information content (AvgIpc) is 2.42. The van der Waals surface area contributed by atoms with Crippen molar-refractivity contribution in [1.29, 1.82) is 0 Å². The van der Waals surface area contributed by atoms with Gasteiger partial charge >= 0.3 is 0 Å². The number of benzene rings is 1. The second-order valence-corrected chi connectivity index (χ2v) is 9.25. The summed E-state index contributed by atoms with van der Waals surface area (Å²) in [5.41, 5.74) is 1.81. The van der Waals surface area contributed by atoms with Crippen molar-refractivity contribution in [2.75, 3.05) is 0 Å². The molecule has 1 aromatic carbocycles. The Morgan fingerprint density at radius 3 is 2.27 bits per heavy atom. The maximum absolute atomic E-state index is 5.99. The minimum Gasteiger partial charge on any atom is -0.460 e. The van der Waals surface area contributed by atoms with Crippen LogP contribution in [0.3, 0.4) is 0 Å². The van der Waals surface area contributed by atoms with E-state index in [1.807, 2.05) is 0 Å². The summed E-state index contributed by atoms with van der Waals surface area (Å²) in [6, 6.07) is 5.08. The van der Waals surface area contributed by atoms with Gasteiger partial charge < -0.3 is 15.3 Å². The van der Waals surface area contributed by atoms with E-state index in [1.165, 1.54) is 0 Å². The molecule has 0 saturated heterocycles. The first-order valence-corrected chi connectivity index (χ1v) is 8.15. The lowest BCUT2D eigenvalue weighted by molar-refractivity contribution is -0.136. The van der Waals surface area contributed by atoms with Gasteiger partial charge in [-0.05, 0) is 30.7 Å². The van der Waals surface area contributed by atoms with Gasteiger partial charge in [-0.1, -0.05) is 69.6 Å². The number of nitrogens with zero attached hydrogens (tertiary/aromatic N) is 1. The molecular formula is C12H10Cl6N2O2. The van der Waals surface area contributed by atoms with Crippen molar-refractivity contribution in [2.24, 2.45) is 10.9 Å². The summed E-state index contributed by atoms with van der Waals surface area (Å²) in [4.78, 5) is 0. The highest BCUT2D eigenvalue weighted by molar-refractivity contribution is 6.68. The van der Waals surface area contributed by atoms with Gasteiger partial charge in [-0.3, -0.25) is 0 Å². The number of hydrazone groups is 1. The summed E-state index contributed by atoms with van der Waals surface area (Å²) in [6.07, 6.45) is -2.21. The van der Waals surface area contributed by atoms with Gasteiger partial charge in [0.15, 0.2) is 0 Å². The van der Waals surface area contributed by atoms with E-state index in [4.69, 9.17) is 84.9 Å². The van der Waals surface area contributed by atoms with Gasteiger partial charge in [-0.25, -0.2) is 0 Å². The highest BCUT2D eigenvalue weighted by Gasteiger charge is 2.48. The zero-order chi connectivity index (χ0) is 16.7. The summed E-state index contributed by atoms with van der Waals surface area (Å²) in [5, 5.41) is 3.62. The minimum absolute atomic E-state index is 0.382. The molecule has 1 aliphatic heterocycles. The monoisotopic (exact) mass is 424 g/mol. The molecule has 0 fully saturated rings. The number of hydrogen-bond donors (Lipinski definition) is 1. The van der Waals surface area contributed by atoms with Crippen LogP contribution < -0.4 is 10.6 Å². The van der Waals surface area contributed by atoms with Crippen LogP contribution in [0.5, 0.6) is 5.75 Å². The van der Waals surface area contributed by atoms with Crippen LogP contribution >= 0.6 is 69.6 Å². The van der Waals surface area contributed by atoms with Crippen LogP contribution in [0.15, 0.2) is 23.3 Å². The molecule has 0 spiro atoms. The Balaban J connectivity index is 2.52. The normalized spacial score (nSPS) is 23.0. The number of alkyl halides is 6. The number of nitrogens with two attached hydrogens (primary N) is 1. The molecule has 1 aliphatic rings. The predicted molar refractivity (Wildman–Crippen MR) is 91.7 cm³/mol. The third-order valence-electron chi connectivity index (χ3n) is 2.96. The lowest BCUT2D eigenvalue weighted by Crippen LogP contribution is -2.42. The highest BCUT2D eigenvalue weighted by Crippen LogP contribution is 2.51. The van der Waals surface area contributed by atoms with Crippen molar-refractivity contribution in [3.8, 4) is 5.75 Å². The standard InChI is InChI=1S/C12H10Cl6N2O2/c1-5(20-19)6-2-3-8-7(4-6)9(11(13,14)15)22-10(21-8)12(16,17)18/h2-4,9-10H,19H2,1H3. The molecule has 0 aromatic heterocycles. The van der Waals surface area contributed by atoms with Gasteiger partial charge in [-0.15, -0.1) is 0 Å². The number of halogens is 6. The van der Waals surface area contributed by atoms with Crippen LogP contribution in [0.1, 0.15) is 24.2 Å². The molecule has 1 aromatic rings. The van der Waals surface area contributed by atoms with Gasteiger partial charge in [0.1, 0.15) is 11.9 Å². The topological polar surface area (TPSA) is 56.8 Å². The van der Waals surface area contributed by atoms with Crippen LogP contribution in [0.4, 0.5) is 0 Å². The SMILES string of the molecule is CC(=NN)c1ccc2c(c1)C(C(Cl)(Cl)Cl)OC(C(Cl)(Cl)Cl)O2. The second-order valence-electron chi connectivity index (χ2n) is 4.52. The van der Waals surface area contributed by atoms with E-state index < -0.39 is 20.0 Å². The van der Waals surface area contributed by atoms with Gasteiger partial charge in [0.2, 0.25) is 10.1 Å². The predicted octanol–water partition coefficient (Wildman–Crippen LogP) is 4.89. The van der Waals surface area contributed by atoms with Gasteiger partial charge in [0, 0.05) is 5.56 Å². The highest BCUT2D eigenvalue weighted by atomic mass is 35.6. The van der Waals surface area contributed by atoms with E-state index in [2.05, 4.69) is 5.10 Å². The molecule has 0 bridgehead atoms. The zero-order valence-electron chi connectivity index (χ0n) is 11.0. The minimum atomic E-state index is -1.85. The fourth-order valence-corrected chi connectivity index (χ4v) is 2.69. The van der Waals surface area contributed by atoms with E-state index in [1.54, 1.807) is 25.1 Å². The molecule has 0 radical (unpaired) electrons. The Morgan fingerprint density at radius 2 is 1.77 bits per heavy atom. The van der Waals surface area contributed by atoms with Gasteiger partial charge in [-0.2, -0.15) is 5.10 Å². The van der Waals surface area contributed by atoms with E-state index in [0.717, 1.165) is 5.56 Å². The summed E-state index contributed by atoms with van der Waals surface area (Å²) in [6.45, 7) is 1.74. The molecule has 4 nitrogen and oxygen atoms in total. The van der Waals surface area contributed by atoms with Crippen LogP contribution in [-0.2, 0) is 4.74 Å². The van der Waals surface area contributed by atoms with E-state index in [9.17, 15) is 0 Å². The molecule has 2 unspecified atom stereocenters. The molecule has 0 amide bonds. The van der Waals surface area contributed by atoms with E-state index in [0.29, 0.717) is 17.0 Å². The Bertz CT molecular complexity index is 596. The van der Waals surface area contributed by atoms with Crippen LogP contribution in [0.25, 0.3) is 0 Å². The van der Waals surface area contributed by atoms with Crippen molar-refractivity contribution in [1.82, 2.24) is 0 Å². The van der Waals surface area contributed by atoms with Gasteiger partial charge in [0.05, 0.1) is 5.71 Å². The number of hydrogen-bond acceptors (Lipinski definition) is 4. The molecular weight excluding hydrogens is 417 g/mol. The Kier molecular flexibility index (Phi) is 5.55. The molecule has 2 N–H and O–H groups in total. The first-order valence-electron chi connectivity index (χ1n) is 5.88. The fraction of sp³-hybridized carbons (Fsp3) is 0.417. The molecule has 10 heteroatoms. The van der Waals surface area contributed by atoms with Gasteiger partial charge in [0.25, 0.3) is 3.79 Å². The van der Waals surface area contributed by atoms with E-state index >= 15 is 0 Å². The number of ether oxygens (including phenoxy) is 2. The molecule has 1 heterocycles. The Morgan fingerprint density at radius 1 is 1.14 bits per heavy atom.